The van der Waals surface area contributed by atoms with E-state index in [0.29, 0.717) is 23.9 Å². The lowest BCUT2D eigenvalue weighted by Gasteiger charge is -2.36. The average molecular weight is 377 g/mol. The van der Waals surface area contributed by atoms with E-state index in [4.69, 9.17) is 4.42 Å². The van der Waals surface area contributed by atoms with Crippen molar-refractivity contribution in [3.8, 4) is 0 Å². The maximum Gasteiger partial charge on any atom is 0.270 e. The number of piperazine rings is 1. The van der Waals surface area contributed by atoms with Crippen LogP contribution in [0.2, 0.25) is 0 Å². The highest BCUT2D eigenvalue weighted by molar-refractivity contribution is 5.92. The van der Waals surface area contributed by atoms with Crippen LogP contribution in [0.25, 0.3) is 0 Å². The van der Waals surface area contributed by atoms with Crippen molar-refractivity contribution >= 4 is 17.5 Å². The molecule has 1 aliphatic heterocycles. The monoisotopic (exact) mass is 377 g/mol. The Kier molecular flexibility index (Phi) is 5.23. The first-order valence-corrected chi connectivity index (χ1v) is 9.39. The van der Waals surface area contributed by atoms with E-state index in [9.17, 15) is 4.79 Å². The van der Waals surface area contributed by atoms with E-state index in [1.807, 2.05) is 6.07 Å². The molecule has 144 valence electrons. The second-order valence-corrected chi connectivity index (χ2v) is 6.82. The van der Waals surface area contributed by atoms with Crippen molar-refractivity contribution < 1.29 is 9.21 Å². The largest absolute Gasteiger partial charge is 0.467 e. The van der Waals surface area contributed by atoms with Gasteiger partial charge in [0.1, 0.15) is 11.5 Å². The van der Waals surface area contributed by atoms with E-state index in [0.717, 1.165) is 26.2 Å². The van der Waals surface area contributed by atoms with Gasteiger partial charge in [0.05, 0.1) is 12.8 Å². The molecule has 1 saturated heterocycles. The van der Waals surface area contributed by atoms with Crippen LogP contribution in [0.15, 0.2) is 59.3 Å². The van der Waals surface area contributed by atoms with Crippen LogP contribution in [-0.2, 0) is 6.54 Å². The number of hydrogen-bond acceptors (Lipinski definition) is 6. The highest BCUT2D eigenvalue weighted by atomic mass is 16.3. The molecule has 1 amide bonds. The molecule has 1 aromatic carbocycles. The summed E-state index contributed by atoms with van der Waals surface area (Å²) in [5.74, 6) is 1.06. The predicted molar refractivity (Wildman–Crippen MR) is 108 cm³/mol. The second kappa shape index (κ2) is 8.12. The number of benzene rings is 1. The zero-order chi connectivity index (χ0) is 19.3. The van der Waals surface area contributed by atoms with Gasteiger partial charge in [-0.05, 0) is 42.8 Å². The predicted octanol–water partition coefficient (Wildman–Crippen LogP) is 2.63. The fourth-order valence-electron chi connectivity index (χ4n) is 3.29. The van der Waals surface area contributed by atoms with Gasteiger partial charge in [-0.15, -0.1) is 0 Å². The van der Waals surface area contributed by atoms with Crippen LogP contribution in [-0.4, -0.2) is 42.1 Å². The highest BCUT2D eigenvalue weighted by Gasteiger charge is 2.20. The van der Waals surface area contributed by atoms with Gasteiger partial charge in [0.2, 0.25) is 5.95 Å². The minimum absolute atomic E-state index is 0.238. The minimum atomic E-state index is -0.238. The Morgan fingerprint density at radius 2 is 1.93 bits per heavy atom. The first-order chi connectivity index (χ1) is 13.7. The molecule has 2 aromatic heterocycles. The molecular formula is C21H23N5O2. The van der Waals surface area contributed by atoms with Crippen molar-refractivity contribution in [2.75, 3.05) is 36.0 Å². The van der Waals surface area contributed by atoms with Crippen molar-refractivity contribution in [2.45, 2.75) is 13.5 Å². The van der Waals surface area contributed by atoms with Crippen molar-refractivity contribution in [3.63, 3.8) is 0 Å². The summed E-state index contributed by atoms with van der Waals surface area (Å²) >= 11 is 0. The molecule has 1 aliphatic rings. The average Bonchev–Trinajstić information content (AvgIpc) is 3.26. The van der Waals surface area contributed by atoms with Crippen molar-refractivity contribution in [3.05, 3.63) is 71.9 Å². The van der Waals surface area contributed by atoms with Crippen LogP contribution in [0, 0.1) is 6.92 Å². The first kappa shape index (κ1) is 18.0. The maximum atomic E-state index is 12.4. The standard InChI is InChI=1S/C21H23N5O2/c1-16-4-2-5-17(14-16)25-9-11-26(12-10-25)21-22-8-7-19(24-21)20(27)23-15-18-6-3-13-28-18/h2-8,13-14H,9-12,15H2,1H3,(H,23,27). The van der Waals surface area contributed by atoms with E-state index in [2.05, 4.69) is 56.3 Å². The van der Waals surface area contributed by atoms with Crippen molar-refractivity contribution in [1.29, 1.82) is 0 Å². The number of hydrogen-bond donors (Lipinski definition) is 1. The normalized spacial score (nSPS) is 14.2. The topological polar surface area (TPSA) is 74.5 Å². The molecule has 0 radical (unpaired) electrons. The zero-order valence-electron chi connectivity index (χ0n) is 15.8. The Balaban J connectivity index is 1.37. The molecule has 0 unspecified atom stereocenters. The summed E-state index contributed by atoms with van der Waals surface area (Å²) < 4.78 is 5.23. The summed E-state index contributed by atoms with van der Waals surface area (Å²) in [5, 5.41) is 2.82. The van der Waals surface area contributed by atoms with Gasteiger partial charge in [0.25, 0.3) is 5.91 Å². The lowest BCUT2D eigenvalue weighted by molar-refractivity contribution is 0.0943. The maximum absolute atomic E-state index is 12.4. The highest BCUT2D eigenvalue weighted by Crippen LogP contribution is 2.19. The van der Waals surface area contributed by atoms with E-state index >= 15 is 0 Å². The summed E-state index contributed by atoms with van der Waals surface area (Å²) in [4.78, 5) is 25.7. The molecular weight excluding hydrogens is 354 g/mol. The van der Waals surface area contributed by atoms with Crippen molar-refractivity contribution in [2.24, 2.45) is 0 Å². The fraction of sp³-hybridized carbons (Fsp3) is 0.286. The molecule has 7 heteroatoms. The van der Waals surface area contributed by atoms with Crippen LogP contribution in [0.4, 0.5) is 11.6 Å². The lowest BCUT2D eigenvalue weighted by Crippen LogP contribution is -2.47. The molecule has 3 heterocycles. The Hall–Kier alpha value is -3.35. The number of rotatable bonds is 5. The van der Waals surface area contributed by atoms with E-state index in [-0.39, 0.29) is 5.91 Å². The van der Waals surface area contributed by atoms with Gasteiger partial charge < -0.3 is 19.5 Å². The van der Waals surface area contributed by atoms with Gasteiger partial charge in [0, 0.05) is 38.1 Å². The molecule has 1 N–H and O–H groups in total. The Morgan fingerprint density at radius 3 is 2.68 bits per heavy atom. The molecule has 0 atom stereocenters. The van der Waals surface area contributed by atoms with Crippen LogP contribution in [0.5, 0.6) is 0 Å². The number of carbonyl (C=O) groups is 1. The number of carbonyl (C=O) groups excluding carboxylic acids is 1. The summed E-state index contributed by atoms with van der Waals surface area (Å²) in [7, 11) is 0. The van der Waals surface area contributed by atoms with Gasteiger partial charge >= 0.3 is 0 Å². The molecule has 0 spiro atoms. The van der Waals surface area contributed by atoms with Gasteiger partial charge in [-0.3, -0.25) is 4.79 Å². The van der Waals surface area contributed by atoms with Crippen LogP contribution in [0.3, 0.4) is 0 Å². The first-order valence-electron chi connectivity index (χ1n) is 9.39. The number of aromatic nitrogens is 2. The number of nitrogens with zero attached hydrogens (tertiary/aromatic N) is 4. The van der Waals surface area contributed by atoms with E-state index in [1.165, 1.54) is 11.3 Å². The van der Waals surface area contributed by atoms with E-state index < -0.39 is 0 Å². The summed E-state index contributed by atoms with van der Waals surface area (Å²) in [6, 6.07) is 13.8. The zero-order valence-corrected chi connectivity index (χ0v) is 15.8. The fourth-order valence-corrected chi connectivity index (χ4v) is 3.29. The van der Waals surface area contributed by atoms with Gasteiger partial charge in [-0.1, -0.05) is 12.1 Å². The molecule has 1 fully saturated rings. The third-order valence-corrected chi connectivity index (χ3v) is 4.81. The second-order valence-electron chi connectivity index (χ2n) is 6.82. The number of amides is 1. The van der Waals surface area contributed by atoms with Gasteiger partial charge in [-0.2, -0.15) is 0 Å². The third kappa shape index (κ3) is 4.14. The molecule has 4 rings (SSSR count). The molecule has 0 saturated carbocycles. The Morgan fingerprint density at radius 1 is 1.11 bits per heavy atom. The smallest absolute Gasteiger partial charge is 0.270 e. The van der Waals surface area contributed by atoms with E-state index in [1.54, 1.807) is 24.6 Å². The number of aryl methyl sites for hydroxylation is 1. The van der Waals surface area contributed by atoms with Crippen molar-refractivity contribution in [1.82, 2.24) is 15.3 Å². The third-order valence-electron chi connectivity index (χ3n) is 4.81. The molecule has 0 bridgehead atoms. The van der Waals surface area contributed by atoms with Crippen LogP contribution < -0.4 is 15.1 Å². The number of furan rings is 1. The van der Waals surface area contributed by atoms with Gasteiger partial charge in [-0.25, -0.2) is 9.97 Å². The Labute approximate surface area is 164 Å². The lowest BCUT2D eigenvalue weighted by atomic mass is 10.2. The van der Waals surface area contributed by atoms with Crippen LogP contribution in [0.1, 0.15) is 21.8 Å². The quantitative estimate of drug-likeness (QED) is 0.737. The van der Waals surface area contributed by atoms with Gasteiger partial charge in [0.15, 0.2) is 0 Å². The SMILES string of the molecule is Cc1cccc(N2CCN(c3nccc(C(=O)NCc4ccco4)n3)CC2)c1. The molecule has 28 heavy (non-hydrogen) atoms. The number of nitrogens with one attached hydrogen (secondary N) is 1. The number of anilines is 2. The molecule has 3 aromatic rings. The molecule has 7 nitrogen and oxygen atoms in total. The summed E-state index contributed by atoms with van der Waals surface area (Å²) in [6.07, 6.45) is 3.22. The Bertz CT molecular complexity index is 933. The molecule has 0 aliphatic carbocycles. The summed E-state index contributed by atoms with van der Waals surface area (Å²) in [6.45, 7) is 5.84. The summed E-state index contributed by atoms with van der Waals surface area (Å²) in [5.41, 5.74) is 2.86. The van der Waals surface area contributed by atoms with Crippen LogP contribution >= 0.6 is 0 Å². The minimum Gasteiger partial charge on any atom is -0.467 e.